The van der Waals surface area contributed by atoms with Crippen molar-refractivity contribution in [2.75, 3.05) is 13.1 Å². The number of benzene rings is 1. The molecule has 0 N–H and O–H groups in total. The Morgan fingerprint density at radius 3 is 2.86 bits per heavy atom. The minimum Gasteiger partial charge on any atom is -0.296 e. The van der Waals surface area contributed by atoms with E-state index < -0.39 is 0 Å². The molecule has 22 heavy (non-hydrogen) atoms. The average Bonchev–Trinajstić information content (AvgIpc) is 2.86. The number of piperazine rings is 1. The first-order valence-electron chi connectivity index (χ1n) is 7.87. The summed E-state index contributed by atoms with van der Waals surface area (Å²) in [5.74, 6) is 0. The van der Waals surface area contributed by atoms with Crippen molar-refractivity contribution in [2.45, 2.75) is 32.1 Å². The standard InChI is InChI=1S/C18H20ClN3/c1-13-9-21(10-14-5-3-2-4-6-14)12-17-16-8-20-18(19)7-15(16)11-22(13)17/h2-8,13,17H,9-12H2,1H3/t13-,17-/m1/s1. The predicted octanol–water partition coefficient (Wildman–Crippen LogP) is 3.50. The van der Waals surface area contributed by atoms with Crippen LogP contribution in [-0.2, 0) is 13.1 Å². The van der Waals surface area contributed by atoms with Gasteiger partial charge in [0.05, 0.1) is 6.04 Å². The molecule has 0 aliphatic carbocycles. The largest absolute Gasteiger partial charge is 0.296 e. The van der Waals surface area contributed by atoms with Gasteiger partial charge in [-0.05, 0) is 29.7 Å². The summed E-state index contributed by atoms with van der Waals surface area (Å²) in [6.07, 6.45) is 1.97. The van der Waals surface area contributed by atoms with Gasteiger partial charge < -0.3 is 0 Å². The number of nitrogens with zero attached hydrogens (tertiary/aromatic N) is 3. The first-order valence-corrected chi connectivity index (χ1v) is 8.25. The van der Waals surface area contributed by atoms with Gasteiger partial charge in [-0.1, -0.05) is 41.9 Å². The van der Waals surface area contributed by atoms with E-state index in [1.54, 1.807) is 0 Å². The van der Waals surface area contributed by atoms with Gasteiger partial charge >= 0.3 is 0 Å². The van der Waals surface area contributed by atoms with Crippen LogP contribution in [0.25, 0.3) is 0 Å². The van der Waals surface area contributed by atoms with Crippen LogP contribution in [-0.4, -0.2) is 33.9 Å². The molecule has 2 aromatic rings. The molecule has 0 bridgehead atoms. The van der Waals surface area contributed by atoms with E-state index in [0.717, 1.165) is 26.2 Å². The van der Waals surface area contributed by atoms with Gasteiger partial charge in [-0.25, -0.2) is 4.98 Å². The second kappa shape index (κ2) is 5.65. The summed E-state index contributed by atoms with van der Waals surface area (Å²) in [6.45, 7) is 6.52. The van der Waals surface area contributed by atoms with Crippen molar-refractivity contribution in [3.63, 3.8) is 0 Å². The monoisotopic (exact) mass is 313 g/mol. The van der Waals surface area contributed by atoms with Gasteiger partial charge in [0.25, 0.3) is 0 Å². The van der Waals surface area contributed by atoms with Gasteiger partial charge in [0.1, 0.15) is 5.15 Å². The molecule has 0 amide bonds. The topological polar surface area (TPSA) is 19.4 Å². The highest BCUT2D eigenvalue weighted by molar-refractivity contribution is 6.29. The molecule has 114 valence electrons. The third kappa shape index (κ3) is 2.54. The van der Waals surface area contributed by atoms with Crippen LogP contribution in [0.2, 0.25) is 5.15 Å². The van der Waals surface area contributed by atoms with E-state index in [2.05, 4.69) is 52.0 Å². The molecule has 1 saturated heterocycles. The zero-order chi connectivity index (χ0) is 15.1. The van der Waals surface area contributed by atoms with Gasteiger partial charge in [0.2, 0.25) is 0 Å². The molecule has 1 fully saturated rings. The van der Waals surface area contributed by atoms with Crippen LogP contribution in [0.4, 0.5) is 0 Å². The molecular weight excluding hydrogens is 294 g/mol. The number of hydrogen-bond donors (Lipinski definition) is 0. The third-order valence-electron chi connectivity index (χ3n) is 4.87. The lowest BCUT2D eigenvalue weighted by Gasteiger charge is -2.42. The summed E-state index contributed by atoms with van der Waals surface area (Å²) in [4.78, 5) is 9.44. The van der Waals surface area contributed by atoms with Gasteiger partial charge in [-0.2, -0.15) is 0 Å². The number of halogens is 1. The molecule has 2 aliphatic heterocycles. The van der Waals surface area contributed by atoms with Crippen molar-refractivity contribution < 1.29 is 0 Å². The fourth-order valence-corrected chi connectivity index (χ4v) is 4.02. The number of pyridine rings is 1. The second-order valence-corrected chi connectivity index (χ2v) is 6.81. The van der Waals surface area contributed by atoms with E-state index in [1.807, 2.05) is 12.3 Å². The fourth-order valence-electron chi connectivity index (χ4n) is 3.84. The molecule has 2 aliphatic rings. The third-order valence-corrected chi connectivity index (χ3v) is 5.08. The molecule has 3 heterocycles. The second-order valence-electron chi connectivity index (χ2n) is 6.42. The molecule has 4 rings (SSSR count). The summed E-state index contributed by atoms with van der Waals surface area (Å²) in [5.41, 5.74) is 4.09. The summed E-state index contributed by atoms with van der Waals surface area (Å²) < 4.78 is 0. The highest BCUT2D eigenvalue weighted by Crippen LogP contribution is 2.39. The average molecular weight is 314 g/mol. The normalized spacial score (nSPS) is 25.0. The van der Waals surface area contributed by atoms with Crippen LogP contribution in [0.3, 0.4) is 0 Å². The summed E-state index contributed by atoms with van der Waals surface area (Å²) >= 11 is 6.05. The highest BCUT2D eigenvalue weighted by Gasteiger charge is 2.38. The van der Waals surface area contributed by atoms with E-state index >= 15 is 0 Å². The van der Waals surface area contributed by atoms with Crippen molar-refractivity contribution in [2.24, 2.45) is 0 Å². The fraction of sp³-hybridized carbons (Fsp3) is 0.389. The Bertz CT molecular complexity index is 673. The molecule has 0 spiro atoms. The molecule has 1 aromatic heterocycles. The Labute approximate surface area is 136 Å². The number of fused-ring (bicyclic) bond motifs is 3. The maximum absolute atomic E-state index is 6.05. The van der Waals surface area contributed by atoms with Crippen LogP contribution < -0.4 is 0 Å². The Morgan fingerprint density at radius 1 is 1.23 bits per heavy atom. The number of hydrogen-bond acceptors (Lipinski definition) is 3. The molecule has 1 aromatic carbocycles. The van der Waals surface area contributed by atoms with Crippen LogP contribution in [0.5, 0.6) is 0 Å². The minimum absolute atomic E-state index is 0.451. The maximum Gasteiger partial charge on any atom is 0.129 e. The molecular formula is C18H20ClN3. The van der Waals surface area contributed by atoms with E-state index in [9.17, 15) is 0 Å². The molecule has 0 saturated carbocycles. The zero-order valence-corrected chi connectivity index (χ0v) is 13.5. The van der Waals surface area contributed by atoms with Crippen molar-refractivity contribution >= 4 is 11.6 Å². The summed E-state index contributed by atoms with van der Waals surface area (Å²) in [6, 6.07) is 13.8. The van der Waals surface area contributed by atoms with E-state index in [-0.39, 0.29) is 0 Å². The molecule has 0 unspecified atom stereocenters. The van der Waals surface area contributed by atoms with Crippen LogP contribution >= 0.6 is 11.6 Å². The molecule has 3 nitrogen and oxygen atoms in total. The van der Waals surface area contributed by atoms with E-state index in [0.29, 0.717) is 17.2 Å². The van der Waals surface area contributed by atoms with Crippen LogP contribution in [0, 0.1) is 0 Å². The van der Waals surface area contributed by atoms with Gasteiger partial charge in [-0.15, -0.1) is 0 Å². The Kier molecular flexibility index (Phi) is 3.65. The van der Waals surface area contributed by atoms with Gasteiger partial charge in [0.15, 0.2) is 0 Å². The summed E-state index contributed by atoms with van der Waals surface area (Å²) in [7, 11) is 0. The number of rotatable bonds is 2. The maximum atomic E-state index is 6.05. The molecule has 2 atom stereocenters. The summed E-state index contributed by atoms with van der Waals surface area (Å²) in [5, 5.41) is 0.604. The SMILES string of the molecule is C[C@@H]1CN(Cc2ccccc2)C[C@@H]2c3cnc(Cl)cc3CN12. The van der Waals surface area contributed by atoms with E-state index in [1.165, 1.54) is 16.7 Å². The van der Waals surface area contributed by atoms with Crippen molar-refractivity contribution in [3.05, 3.63) is 64.4 Å². The molecule has 0 radical (unpaired) electrons. The van der Waals surface area contributed by atoms with Gasteiger partial charge in [0, 0.05) is 38.4 Å². The smallest absolute Gasteiger partial charge is 0.129 e. The van der Waals surface area contributed by atoms with Gasteiger partial charge in [-0.3, -0.25) is 9.80 Å². The zero-order valence-electron chi connectivity index (χ0n) is 12.7. The Morgan fingerprint density at radius 2 is 2.05 bits per heavy atom. The Hall–Kier alpha value is -1.42. The van der Waals surface area contributed by atoms with Crippen molar-refractivity contribution in [1.82, 2.24) is 14.8 Å². The minimum atomic E-state index is 0.451. The molecule has 4 heteroatoms. The lowest BCUT2D eigenvalue weighted by molar-refractivity contribution is 0.0338. The quantitative estimate of drug-likeness (QED) is 0.791. The first kappa shape index (κ1) is 14.2. The van der Waals surface area contributed by atoms with Crippen molar-refractivity contribution in [3.8, 4) is 0 Å². The lowest BCUT2D eigenvalue weighted by Crippen LogP contribution is -2.50. The first-order chi connectivity index (χ1) is 10.7. The van der Waals surface area contributed by atoms with Crippen LogP contribution in [0.15, 0.2) is 42.6 Å². The van der Waals surface area contributed by atoms with Crippen molar-refractivity contribution in [1.29, 1.82) is 0 Å². The predicted molar refractivity (Wildman–Crippen MR) is 88.7 cm³/mol. The number of aromatic nitrogens is 1. The Balaban J connectivity index is 1.57. The van der Waals surface area contributed by atoms with E-state index in [4.69, 9.17) is 11.6 Å². The van der Waals surface area contributed by atoms with Crippen LogP contribution in [0.1, 0.15) is 29.7 Å². The lowest BCUT2D eigenvalue weighted by atomic mass is 10.0. The highest BCUT2D eigenvalue weighted by atomic mass is 35.5.